The predicted molar refractivity (Wildman–Crippen MR) is 71.8 cm³/mol. The minimum atomic E-state index is -0.572. The maximum atomic E-state index is 13.4. The van der Waals surface area contributed by atoms with Gasteiger partial charge in [-0.2, -0.15) is 0 Å². The smallest absolute Gasteiger partial charge is 0.261 e. The fraction of sp³-hybridized carbons (Fsp3) is 0.200. The molecule has 1 N–H and O–H groups in total. The van der Waals surface area contributed by atoms with Gasteiger partial charge in [0.25, 0.3) is 5.91 Å². The number of pyridine rings is 1. The van der Waals surface area contributed by atoms with Gasteiger partial charge in [0, 0.05) is 25.2 Å². The summed E-state index contributed by atoms with van der Waals surface area (Å²) in [4.78, 5) is 15.8. The summed E-state index contributed by atoms with van der Waals surface area (Å²) in [6, 6.07) is 8.15. The summed E-state index contributed by atoms with van der Waals surface area (Å²) >= 11 is 0. The molecule has 1 amide bonds. The van der Waals surface area contributed by atoms with Crippen molar-refractivity contribution in [1.82, 2.24) is 10.3 Å². The number of ether oxygens (including phenoxy) is 1. The van der Waals surface area contributed by atoms with Crippen molar-refractivity contribution in [2.45, 2.75) is 12.5 Å². The van der Waals surface area contributed by atoms with Gasteiger partial charge in [0.1, 0.15) is 5.82 Å². The highest BCUT2D eigenvalue weighted by molar-refractivity contribution is 5.83. The van der Waals surface area contributed by atoms with Crippen molar-refractivity contribution < 1.29 is 13.9 Å². The number of aromatic nitrogens is 1. The van der Waals surface area contributed by atoms with Crippen molar-refractivity contribution in [3.05, 3.63) is 47.9 Å². The fourth-order valence-corrected chi connectivity index (χ4v) is 2.37. The molecular weight excluding hydrogens is 259 g/mol. The first kappa shape index (κ1) is 12.6. The van der Waals surface area contributed by atoms with E-state index in [0.717, 1.165) is 16.7 Å². The Hall–Kier alpha value is -2.43. The van der Waals surface area contributed by atoms with E-state index in [2.05, 4.69) is 10.3 Å². The summed E-state index contributed by atoms with van der Waals surface area (Å²) in [7, 11) is 1.57. The van der Waals surface area contributed by atoms with E-state index in [1.165, 1.54) is 12.1 Å². The van der Waals surface area contributed by atoms with Crippen molar-refractivity contribution in [3.63, 3.8) is 0 Å². The number of rotatable bonds is 2. The normalized spacial score (nSPS) is 16.4. The summed E-state index contributed by atoms with van der Waals surface area (Å²) in [6.45, 7) is 0. The Morgan fingerprint density at radius 3 is 3.05 bits per heavy atom. The number of nitrogens with one attached hydrogen (secondary N) is 1. The molecule has 0 saturated heterocycles. The third-order valence-corrected chi connectivity index (χ3v) is 3.33. The first-order chi connectivity index (χ1) is 9.69. The molecule has 1 aromatic carbocycles. The molecule has 4 nitrogen and oxygen atoms in total. The van der Waals surface area contributed by atoms with Crippen LogP contribution in [0.3, 0.4) is 0 Å². The molecule has 1 aliphatic heterocycles. The van der Waals surface area contributed by atoms with Crippen LogP contribution in [0.4, 0.5) is 4.39 Å². The average molecular weight is 272 g/mol. The molecule has 0 aliphatic carbocycles. The van der Waals surface area contributed by atoms with Crippen molar-refractivity contribution >= 4 is 5.91 Å². The van der Waals surface area contributed by atoms with Gasteiger partial charge in [-0.15, -0.1) is 0 Å². The average Bonchev–Trinajstić information content (AvgIpc) is 2.90. The second kappa shape index (κ2) is 4.92. The molecule has 20 heavy (non-hydrogen) atoms. The lowest BCUT2D eigenvalue weighted by molar-refractivity contribution is -0.126. The van der Waals surface area contributed by atoms with Gasteiger partial charge >= 0.3 is 0 Å². The van der Waals surface area contributed by atoms with Crippen LogP contribution in [0, 0.1) is 5.82 Å². The van der Waals surface area contributed by atoms with E-state index in [0.29, 0.717) is 12.3 Å². The lowest BCUT2D eigenvalue weighted by atomic mass is 9.98. The molecule has 1 unspecified atom stereocenters. The van der Waals surface area contributed by atoms with Gasteiger partial charge in [0.15, 0.2) is 6.10 Å². The first-order valence-electron chi connectivity index (χ1n) is 6.31. The molecule has 1 aliphatic rings. The molecule has 0 radical (unpaired) electrons. The molecule has 3 rings (SSSR count). The van der Waals surface area contributed by atoms with Gasteiger partial charge in [-0.3, -0.25) is 4.79 Å². The molecule has 0 spiro atoms. The number of hydrogen-bond donors (Lipinski definition) is 1. The number of amides is 1. The van der Waals surface area contributed by atoms with Crippen LogP contribution in [0.5, 0.6) is 5.88 Å². The van der Waals surface area contributed by atoms with E-state index in [9.17, 15) is 9.18 Å². The van der Waals surface area contributed by atoms with Crippen LogP contribution in [0.2, 0.25) is 0 Å². The Kier molecular flexibility index (Phi) is 3.10. The minimum Gasteiger partial charge on any atom is -0.464 e. The maximum Gasteiger partial charge on any atom is 0.261 e. The van der Waals surface area contributed by atoms with E-state index in [1.807, 2.05) is 12.1 Å². The van der Waals surface area contributed by atoms with Gasteiger partial charge in [0.2, 0.25) is 5.88 Å². The zero-order valence-electron chi connectivity index (χ0n) is 10.9. The number of halogens is 1. The van der Waals surface area contributed by atoms with Crippen LogP contribution >= 0.6 is 0 Å². The van der Waals surface area contributed by atoms with Crippen molar-refractivity contribution in [1.29, 1.82) is 0 Å². The quantitative estimate of drug-likeness (QED) is 0.909. The number of fused-ring (bicyclic) bond motifs is 1. The molecule has 0 bridgehead atoms. The predicted octanol–water partition coefficient (Wildman–Crippen LogP) is 1.94. The topological polar surface area (TPSA) is 51.2 Å². The van der Waals surface area contributed by atoms with Gasteiger partial charge in [-0.25, -0.2) is 9.37 Å². The number of carbonyl (C=O) groups excluding carboxylic acids is 1. The van der Waals surface area contributed by atoms with Crippen LogP contribution in [0.25, 0.3) is 11.1 Å². The van der Waals surface area contributed by atoms with Crippen LogP contribution in [-0.4, -0.2) is 24.0 Å². The Morgan fingerprint density at radius 1 is 1.45 bits per heavy atom. The Balaban J connectivity index is 2.01. The summed E-state index contributed by atoms with van der Waals surface area (Å²) in [5, 5.41) is 2.56. The number of nitrogens with zero attached hydrogens (tertiary/aromatic N) is 1. The fourth-order valence-electron chi connectivity index (χ4n) is 2.37. The maximum absolute atomic E-state index is 13.4. The molecule has 1 aromatic heterocycles. The number of likely N-dealkylation sites (N-methyl/N-ethyl adjacent to an activating group) is 1. The number of benzene rings is 1. The monoisotopic (exact) mass is 272 g/mol. The molecule has 5 heteroatoms. The van der Waals surface area contributed by atoms with Gasteiger partial charge < -0.3 is 10.1 Å². The standard InChI is InChI=1S/C15H13FN2O2/c1-17-14(19)13-8-12-11(5-6-18-15(12)20-13)9-3-2-4-10(16)7-9/h2-7,13H,8H2,1H3,(H,17,19). The molecule has 2 aromatic rings. The van der Waals surface area contributed by atoms with E-state index >= 15 is 0 Å². The van der Waals surface area contributed by atoms with E-state index in [1.54, 1.807) is 19.3 Å². The van der Waals surface area contributed by atoms with Crippen molar-refractivity contribution in [3.8, 4) is 17.0 Å². The molecule has 1 atom stereocenters. The molecule has 0 saturated carbocycles. The van der Waals surface area contributed by atoms with Gasteiger partial charge in [-0.05, 0) is 29.3 Å². The summed E-state index contributed by atoms with van der Waals surface area (Å²) in [5.74, 6) is -0.0385. The Bertz CT molecular complexity index is 673. The van der Waals surface area contributed by atoms with Crippen LogP contribution in [0.1, 0.15) is 5.56 Å². The van der Waals surface area contributed by atoms with Crippen LogP contribution in [-0.2, 0) is 11.2 Å². The summed E-state index contributed by atoms with van der Waals surface area (Å²) in [5.41, 5.74) is 2.44. The van der Waals surface area contributed by atoms with E-state index in [-0.39, 0.29) is 11.7 Å². The van der Waals surface area contributed by atoms with Crippen molar-refractivity contribution in [2.75, 3.05) is 7.05 Å². The summed E-state index contributed by atoms with van der Waals surface area (Å²) in [6.07, 6.45) is 1.47. The second-order valence-electron chi connectivity index (χ2n) is 4.58. The zero-order chi connectivity index (χ0) is 14.1. The van der Waals surface area contributed by atoms with Crippen LogP contribution in [0.15, 0.2) is 36.5 Å². The molecule has 102 valence electrons. The largest absolute Gasteiger partial charge is 0.464 e. The van der Waals surface area contributed by atoms with E-state index < -0.39 is 6.10 Å². The summed E-state index contributed by atoms with van der Waals surface area (Å²) < 4.78 is 18.9. The Morgan fingerprint density at radius 2 is 2.30 bits per heavy atom. The third-order valence-electron chi connectivity index (χ3n) is 3.33. The SMILES string of the molecule is CNC(=O)C1Cc2c(-c3cccc(F)c3)ccnc2O1. The zero-order valence-corrected chi connectivity index (χ0v) is 10.9. The number of hydrogen-bond acceptors (Lipinski definition) is 3. The Labute approximate surface area is 115 Å². The third kappa shape index (κ3) is 2.11. The minimum absolute atomic E-state index is 0.187. The highest BCUT2D eigenvalue weighted by Gasteiger charge is 2.31. The highest BCUT2D eigenvalue weighted by atomic mass is 19.1. The highest BCUT2D eigenvalue weighted by Crippen LogP contribution is 2.35. The lowest BCUT2D eigenvalue weighted by Crippen LogP contribution is -2.35. The molecule has 2 heterocycles. The first-order valence-corrected chi connectivity index (χ1v) is 6.31. The lowest BCUT2D eigenvalue weighted by Gasteiger charge is -2.06. The molecule has 0 fully saturated rings. The van der Waals surface area contributed by atoms with Crippen molar-refractivity contribution in [2.24, 2.45) is 0 Å². The number of carbonyl (C=O) groups is 1. The molecular formula is C15H13FN2O2. The van der Waals surface area contributed by atoms with E-state index in [4.69, 9.17) is 4.74 Å². The van der Waals surface area contributed by atoms with Crippen LogP contribution < -0.4 is 10.1 Å². The van der Waals surface area contributed by atoms with Gasteiger partial charge in [-0.1, -0.05) is 12.1 Å². The van der Waals surface area contributed by atoms with Gasteiger partial charge in [0.05, 0.1) is 0 Å². The second-order valence-corrected chi connectivity index (χ2v) is 4.58.